The van der Waals surface area contributed by atoms with Crippen LogP contribution in [0.3, 0.4) is 0 Å². The molecule has 11 nitrogen and oxygen atoms in total. The Kier molecular flexibility index (Phi) is 10.4. The largest absolute Gasteiger partial charge is 0.463 e. The minimum Gasteiger partial charge on any atom is -0.463 e. The quantitative estimate of drug-likeness (QED) is 0.112. The summed E-state index contributed by atoms with van der Waals surface area (Å²) in [4.78, 5) is 11.4. The van der Waals surface area contributed by atoms with Crippen LogP contribution in [0.5, 0.6) is 0 Å². The van der Waals surface area contributed by atoms with Gasteiger partial charge < -0.3 is 50.0 Å². The van der Waals surface area contributed by atoms with Gasteiger partial charge in [-0.1, -0.05) is 46.8 Å². The summed E-state index contributed by atoms with van der Waals surface area (Å²) in [6.07, 6.45) is -1.44. The fourth-order valence-electron chi connectivity index (χ4n) is 12.0. The van der Waals surface area contributed by atoms with E-state index in [0.29, 0.717) is 12.3 Å². The standard InChI is InChI=1S/C38H64O11/c1-20(39)47-19-23-26(40)27(41)28(42)32(48-23)49-31-29(43)30(44)38(9)24(34(31,4)5)14-18-36(7)25(38)12-11-21-22(13-17-35(21,36)6)37(8,46)16-10-15-33(2,3)45/h10,15,21-32,40-46H,11-14,16-19H2,1-9H3. The summed E-state index contributed by atoms with van der Waals surface area (Å²) >= 11 is 0. The van der Waals surface area contributed by atoms with Crippen LogP contribution >= 0.6 is 0 Å². The van der Waals surface area contributed by atoms with E-state index >= 15 is 0 Å². The molecule has 5 aliphatic rings. The molecular formula is C38H64O11. The van der Waals surface area contributed by atoms with E-state index in [4.69, 9.17) is 14.2 Å². The molecule has 4 aliphatic carbocycles. The van der Waals surface area contributed by atoms with E-state index in [1.54, 1.807) is 19.9 Å². The smallest absolute Gasteiger partial charge is 0.302 e. The van der Waals surface area contributed by atoms with Crippen molar-refractivity contribution in [3.8, 4) is 0 Å². The third-order valence-electron chi connectivity index (χ3n) is 14.7. The van der Waals surface area contributed by atoms with Crippen molar-refractivity contribution in [2.24, 2.45) is 45.3 Å². The lowest BCUT2D eigenvalue weighted by Gasteiger charge is -2.71. The number of aliphatic hydroxyl groups excluding tert-OH is 5. The predicted molar refractivity (Wildman–Crippen MR) is 181 cm³/mol. The molecule has 0 aromatic heterocycles. The van der Waals surface area contributed by atoms with Crippen LogP contribution in [0.4, 0.5) is 0 Å². The molecule has 1 saturated heterocycles. The number of carbonyl (C=O) groups excluding carboxylic acids is 1. The monoisotopic (exact) mass is 696 g/mol. The maximum atomic E-state index is 12.2. The Hall–Kier alpha value is -1.15. The fourth-order valence-corrected chi connectivity index (χ4v) is 12.0. The van der Waals surface area contributed by atoms with Crippen molar-refractivity contribution < 1.29 is 54.8 Å². The van der Waals surface area contributed by atoms with Crippen LogP contribution in [0.25, 0.3) is 0 Å². The molecule has 5 fully saturated rings. The second-order valence-corrected chi connectivity index (χ2v) is 18.4. The van der Waals surface area contributed by atoms with Gasteiger partial charge in [0.15, 0.2) is 6.29 Å². The molecule has 0 radical (unpaired) electrons. The summed E-state index contributed by atoms with van der Waals surface area (Å²) in [7, 11) is 0. The van der Waals surface area contributed by atoms with Gasteiger partial charge in [0.05, 0.1) is 23.4 Å². The van der Waals surface area contributed by atoms with Crippen LogP contribution in [0.15, 0.2) is 12.2 Å². The van der Waals surface area contributed by atoms with Crippen LogP contribution < -0.4 is 0 Å². The Balaban J connectivity index is 1.39. The first-order chi connectivity index (χ1) is 22.4. The van der Waals surface area contributed by atoms with E-state index in [9.17, 15) is 40.5 Å². The van der Waals surface area contributed by atoms with E-state index in [-0.39, 0.29) is 35.2 Å². The lowest BCUT2D eigenvalue weighted by molar-refractivity contribution is -0.355. The molecule has 49 heavy (non-hydrogen) atoms. The van der Waals surface area contributed by atoms with Crippen LogP contribution in [-0.4, -0.2) is 109 Å². The molecule has 7 N–H and O–H groups in total. The Labute approximate surface area is 292 Å². The summed E-state index contributed by atoms with van der Waals surface area (Å²) in [5.74, 6) is -0.179. The van der Waals surface area contributed by atoms with Gasteiger partial charge in [-0.3, -0.25) is 4.79 Å². The maximum Gasteiger partial charge on any atom is 0.302 e. The van der Waals surface area contributed by atoms with Gasteiger partial charge in [-0.05, 0) is 106 Å². The molecule has 16 atom stereocenters. The van der Waals surface area contributed by atoms with Crippen molar-refractivity contribution in [2.75, 3.05) is 6.61 Å². The molecule has 0 amide bonds. The Morgan fingerprint density at radius 2 is 1.47 bits per heavy atom. The number of fused-ring (bicyclic) bond motifs is 5. The second kappa shape index (κ2) is 13.1. The topological polar surface area (TPSA) is 186 Å². The zero-order valence-corrected chi connectivity index (χ0v) is 31.0. The first kappa shape index (κ1) is 39.1. The lowest BCUT2D eigenvalue weighted by Crippen LogP contribution is -2.73. The van der Waals surface area contributed by atoms with E-state index in [0.717, 1.165) is 38.5 Å². The van der Waals surface area contributed by atoms with Crippen molar-refractivity contribution in [2.45, 2.75) is 167 Å². The molecular weight excluding hydrogens is 632 g/mol. The van der Waals surface area contributed by atoms with Gasteiger partial charge in [-0.2, -0.15) is 0 Å². The normalized spacial score (nSPS) is 49.5. The number of hydrogen-bond acceptors (Lipinski definition) is 11. The fraction of sp³-hybridized carbons (Fsp3) is 0.921. The second-order valence-electron chi connectivity index (χ2n) is 18.4. The minimum atomic E-state index is -1.64. The van der Waals surface area contributed by atoms with E-state index in [2.05, 4.69) is 20.8 Å². The van der Waals surface area contributed by atoms with Gasteiger partial charge in [-0.15, -0.1) is 0 Å². The zero-order valence-electron chi connectivity index (χ0n) is 31.0. The molecule has 282 valence electrons. The van der Waals surface area contributed by atoms with Crippen LogP contribution in [0.1, 0.15) is 107 Å². The maximum absolute atomic E-state index is 12.2. The third-order valence-corrected chi connectivity index (χ3v) is 14.7. The summed E-state index contributed by atoms with van der Waals surface area (Å²) in [6, 6.07) is 0. The zero-order chi connectivity index (χ0) is 36.7. The molecule has 4 saturated carbocycles. The van der Waals surface area contributed by atoms with Crippen molar-refractivity contribution in [3.05, 3.63) is 12.2 Å². The summed E-state index contributed by atoms with van der Waals surface area (Å²) < 4.78 is 17.1. The average Bonchev–Trinajstić information content (AvgIpc) is 3.36. The first-order valence-electron chi connectivity index (χ1n) is 18.4. The molecule has 5 rings (SSSR count). The molecule has 1 aliphatic heterocycles. The molecule has 0 aromatic rings. The van der Waals surface area contributed by atoms with Crippen molar-refractivity contribution in [3.63, 3.8) is 0 Å². The Morgan fingerprint density at radius 3 is 2.08 bits per heavy atom. The average molecular weight is 697 g/mol. The van der Waals surface area contributed by atoms with Gasteiger partial charge in [0.2, 0.25) is 0 Å². The predicted octanol–water partition coefficient (Wildman–Crippen LogP) is 2.84. The molecule has 16 unspecified atom stereocenters. The molecule has 0 spiro atoms. The van der Waals surface area contributed by atoms with Crippen molar-refractivity contribution in [1.82, 2.24) is 0 Å². The number of aliphatic hydroxyl groups is 7. The minimum absolute atomic E-state index is 0.0676. The van der Waals surface area contributed by atoms with Crippen molar-refractivity contribution in [1.29, 1.82) is 0 Å². The number of hydrogen-bond donors (Lipinski definition) is 7. The highest BCUT2D eigenvalue weighted by Crippen LogP contribution is 2.76. The first-order valence-corrected chi connectivity index (χ1v) is 18.4. The number of esters is 1. The highest BCUT2D eigenvalue weighted by atomic mass is 16.7. The molecule has 0 aromatic carbocycles. The SMILES string of the molecule is CC(=O)OCC1OC(OC2C(O)C(O)C3(C)C(CCC4(C)C3CCC3C(C(C)(O)CC=CC(C)(C)O)CCC34C)C2(C)C)C(O)C(O)C1O. The summed E-state index contributed by atoms with van der Waals surface area (Å²) in [6.45, 7) is 17.2. The van der Waals surface area contributed by atoms with Gasteiger partial charge in [0.1, 0.15) is 37.1 Å². The van der Waals surface area contributed by atoms with Crippen LogP contribution in [0, 0.1) is 45.3 Å². The Morgan fingerprint density at radius 1 is 0.837 bits per heavy atom. The van der Waals surface area contributed by atoms with Gasteiger partial charge in [0.25, 0.3) is 0 Å². The number of ether oxygens (including phenoxy) is 3. The molecule has 11 heteroatoms. The highest BCUT2D eigenvalue weighted by Gasteiger charge is 2.73. The van der Waals surface area contributed by atoms with Crippen LogP contribution in [0.2, 0.25) is 0 Å². The van der Waals surface area contributed by atoms with Crippen molar-refractivity contribution >= 4 is 5.97 Å². The summed E-state index contributed by atoms with van der Waals surface area (Å²) in [5.41, 5.74) is -3.48. The molecule has 1 heterocycles. The summed E-state index contributed by atoms with van der Waals surface area (Å²) in [5, 5.41) is 78.1. The number of rotatable bonds is 8. The van der Waals surface area contributed by atoms with Gasteiger partial charge >= 0.3 is 5.97 Å². The highest BCUT2D eigenvalue weighted by molar-refractivity contribution is 5.65. The van der Waals surface area contributed by atoms with Gasteiger partial charge in [0, 0.05) is 12.3 Å². The third kappa shape index (κ3) is 6.35. The number of carbonyl (C=O) groups is 1. The van der Waals surface area contributed by atoms with E-state index in [1.165, 1.54) is 6.92 Å². The molecule has 0 bridgehead atoms. The van der Waals surface area contributed by atoms with E-state index < -0.39 is 77.0 Å². The van der Waals surface area contributed by atoms with Crippen LogP contribution in [-0.2, 0) is 19.0 Å². The lowest BCUT2D eigenvalue weighted by atomic mass is 9.34. The Bertz CT molecular complexity index is 1240. The van der Waals surface area contributed by atoms with Gasteiger partial charge in [-0.25, -0.2) is 0 Å². The van der Waals surface area contributed by atoms with E-state index in [1.807, 2.05) is 26.8 Å².